The SMILES string of the molecule is Cc1nc(S(=O)(=O)N2CCCCC2CCN)cn1C. The van der Waals surface area contributed by atoms with Crippen molar-refractivity contribution >= 4 is 10.0 Å². The molecule has 6 nitrogen and oxygen atoms in total. The van der Waals surface area contributed by atoms with Gasteiger partial charge in [0.15, 0.2) is 5.03 Å². The summed E-state index contributed by atoms with van der Waals surface area (Å²) in [5.41, 5.74) is 5.59. The highest BCUT2D eigenvalue weighted by molar-refractivity contribution is 7.89. The maximum absolute atomic E-state index is 12.6. The van der Waals surface area contributed by atoms with Crippen LogP contribution in [0.5, 0.6) is 0 Å². The number of nitrogens with zero attached hydrogens (tertiary/aromatic N) is 3. The van der Waals surface area contributed by atoms with E-state index in [-0.39, 0.29) is 11.1 Å². The third kappa shape index (κ3) is 2.82. The number of hydrogen-bond donors (Lipinski definition) is 1. The molecule has 108 valence electrons. The van der Waals surface area contributed by atoms with Crippen molar-refractivity contribution in [2.75, 3.05) is 13.1 Å². The molecule has 0 bridgehead atoms. The summed E-state index contributed by atoms with van der Waals surface area (Å²) < 4.78 is 28.6. The Balaban J connectivity index is 2.31. The molecule has 2 heterocycles. The van der Waals surface area contributed by atoms with Gasteiger partial charge >= 0.3 is 0 Å². The predicted octanol–water partition coefficient (Wildman–Crippen LogP) is 0.621. The van der Waals surface area contributed by atoms with Crippen LogP contribution in [0.15, 0.2) is 11.2 Å². The predicted molar refractivity (Wildman–Crippen MR) is 73.1 cm³/mol. The quantitative estimate of drug-likeness (QED) is 0.880. The normalized spacial score (nSPS) is 21.7. The van der Waals surface area contributed by atoms with Crippen LogP contribution in [0, 0.1) is 6.92 Å². The Morgan fingerprint density at radius 3 is 2.79 bits per heavy atom. The molecule has 19 heavy (non-hydrogen) atoms. The Kier molecular flexibility index (Phi) is 4.27. The molecule has 1 saturated heterocycles. The van der Waals surface area contributed by atoms with Crippen molar-refractivity contribution in [1.29, 1.82) is 0 Å². The van der Waals surface area contributed by atoms with Gasteiger partial charge in [0.25, 0.3) is 10.0 Å². The molecule has 7 heteroatoms. The number of aromatic nitrogens is 2. The van der Waals surface area contributed by atoms with Crippen molar-refractivity contribution in [3.63, 3.8) is 0 Å². The molecule has 1 atom stereocenters. The molecule has 0 radical (unpaired) electrons. The van der Waals surface area contributed by atoms with E-state index in [1.54, 1.807) is 29.0 Å². The monoisotopic (exact) mass is 286 g/mol. The average molecular weight is 286 g/mol. The molecule has 1 aliphatic heterocycles. The Hall–Kier alpha value is -0.920. The lowest BCUT2D eigenvalue weighted by Crippen LogP contribution is -2.44. The van der Waals surface area contributed by atoms with E-state index < -0.39 is 10.0 Å². The van der Waals surface area contributed by atoms with Gasteiger partial charge in [-0.25, -0.2) is 13.4 Å². The van der Waals surface area contributed by atoms with Gasteiger partial charge in [0, 0.05) is 25.8 Å². The standard InChI is InChI=1S/C12H22N4O2S/c1-10-14-12(9-15(10)2)19(17,18)16-8-4-3-5-11(16)6-7-13/h9,11H,3-8,13H2,1-2H3. The summed E-state index contributed by atoms with van der Waals surface area (Å²) in [5, 5.41) is 0.149. The van der Waals surface area contributed by atoms with Gasteiger partial charge in [-0.05, 0) is 32.7 Å². The molecule has 2 N–H and O–H groups in total. The van der Waals surface area contributed by atoms with E-state index in [4.69, 9.17) is 5.73 Å². The van der Waals surface area contributed by atoms with E-state index in [2.05, 4.69) is 4.98 Å². The molecule has 0 saturated carbocycles. The Morgan fingerprint density at radius 1 is 1.47 bits per heavy atom. The van der Waals surface area contributed by atoms with Crippen LogP contribution in [0.3, 0.4) is 0 Å². The highest BCUT2D eigenvalue weighted by atomic mass is 32.2. The minimum atomic E-state index is -3.49. The zero-order valence-corrected chi connectivity index (χ0v) is 12.4. The molecule has 0 aliphatic carbocycles. The van der Waals surface area contributed by atoms with Crippen molar-refractivity contribution in [1.82, 2.24) is 13.9 Å². The fraction of sp³-hybridized carbons (Fsp3) is 0.750. The lowest BCUT2D eigenvalue weighted by atomic mass is 10.0. The number of sulfonamides is 1. The fourth-order valence-corrected chi connectivity index (χ4v) is 4.29. The van der Waals surface area contributed by atoms with Gasteiger partial charge in [-0.15, -0.1) is 0 Å². The van der Waals surface area contributed by atoms with Crippen molar-refractivity contribution in [3.8, 4) is 0 Å². The summed E-state index contributed by atoms with van der Waals surface area (Å²) in [6.07, 6.45) is 5.16. The third-order valence-corrected chi connectivity index (χ3v) is 5.56. The number of piperidine rings is 1. The molecule has 1 aromatic heterocycles. The summed E-state index contributed by atoms with van der Waals surface area (Å²) in [6, 6.07) is 0.0195. The van der Waals surface area contributed by atoms with Crippen LogP contribution in [0.1, 0.15) is 31.5 Å². The minimum Gasteiger partial charge on any atom is -0.337 e. The molecule has 1 unspecified atom stereocenters. The van der Waals surface area contributed by atoms with Crippen molar-refractivity contribution < 1.29 is 8.42 Å². The molecule has 1 aliphatic rings. The summed E-state index contributed by atoms with van der Waals surface area (Å²) in [5.74, 6) is 0.700. The summed E-state index contributed by atoms with van der Waals surface area (Å²) in [7, 11) is -1.69. The van der Waals surface area contributed by atoms with Crippen LogP contribution >= 0.6 is 0 Å². The Labute approximate surface area is 114 Å². The largest absolute Gasteiger partial charge is 0.337 e. The van der Waals surface area contributed by atoms with E-state index in [0.29, 0.717) is 25.3 Å². The number of aryl methyl sites for hydroxylation is 2. The first kappa shape index (κ1) is 14.5. The lowest BCUT2D eigenvalue weighted by molar-refractivity contribution is 0.242. The van der Waals surface area contributed by atoms with Crippen LogP contribution < -0.4 is 5.73 Å². The van der Waals surface area contributed by atoms with Gasteiger partial charge in [0.05, 0.1) is 0 Å². The van der Waals surface area contributed by atoms with E-state index in [9.17, 15) is 8.42 Å². The smallest absolute Gasteiger partial charge is 0.262 e. The molecule has 0 amide bonds. The van der Waals surface area contributed by atoms with Crippen LogP contribution in [0.25, 0.3) is 0 Å². The second-order valence-corrected chi connectivity index (χ2v) is 6.92. The van der Waals surface area contributed by atoms with Crippen LogP contribution in [-0.2, 0) is 17.1 Å². The highest BCUT2D eigenvalue weighted by Crippen LogP contribution is 2.26. The molecular weight excluding hydrogens is 264 g/mol. The molecule has 0 aromatic carbocycles. The molecule has 2 rings (SSSR count). The van der Waals surface area contributed by atoms with E-state index >= 15 is 0 Å². The average Bonchev–Trinajstić information content (AvgIpc) is 2.71. The number of rotatable bonds is 4. The van der Waals surface area contributed by atoms with Gasteiger partial charge in [-0.3, -0.25) is 0 Å². The van der Waals surface area contributed by atoms with Gasteiger partial charge < -0.3 is 10.3 Å². The molecular formula is C12H22N4O2S. The number of imidazole rings is 1. The molecule has 0 spiro atoms. The van der Waals surface area contributed by atoms with Crippen LogP contribution in [-0.4, -0.2) is 41.4 Å². The third-order valence-electron chi connectivity index (χ3n) is 3.73. The van der Waals surface area contributed by atoms with Crippen molar-refractivity contribution in [2.24, 2.45) is 12.8 Å². The Morgan fingerprint density at radius 2 is 2.21 bits per heavy atom. The van der Waals surface area contributed by atoms with Crippen LogP contribution in [0.2, 0.25) is 0 Å². The maximum Gasteiger partial charge on any atom is 0.262 e. The Bertz CT molecular complexity index is 516. The van der Waals surface area contributed by atoms with Gasteiger partial charge in [-0.2, -0.15) is 4.31 Å². The van der Waals surface area contributed by atoms with E-state index in [0.717, 1.165) is 19.3 Å². The second kappa shape index (κ2) is 5.60. The summed E-state index contributed by atoms with van der Waals surface area (Å²) in [6.45, 7) is 2.88. The number of hydrogen-bond acceptors (Lipinski definition) is 4. The molecule has 1 aromatic rings. The van der Waals surface area contributed by atoms with E-state index in [1.807, 2.05) is 0 Å². The first-order valence-corrected chi connectivity index (χ1v) is 8.12. The zero-order chi connectivity index (χ0) is 14.0. The topological polar surface area (TPSA) is 81.2 Å². The molecule has 1 fully saturated rings. The summed E-state index contributed by atoms with van der Waals surface area (Å²) in [4.78, 5) is 4.15. The van der Waals surface area contributed by atoms with Crippen molar-refractivity contribution in [2.45, 2.75) is 43.7 Å². The number of nitrogens with two attached hydrogens (primary N) is 1. The van der Waals surface area contributed by atoms with Crippen molar-refractivity contribution in [3.05, 3.63) is 12.0 Å². The van der Waals surface area contributed by atoms with Gasteiger partial charge in [0.1, 0.15) is 5.82 Å². The summed E-state index contributed by atoms with van der Waals surface area (Å²) >= 11 is 0. The maximum atomic E-state index is 12.6. The fourth-order valence-electron chi connectivity index (χ4n) is 2.54. The zero-order valence-electron chi connectivity index (χ0n) is 11.5. The minimum absolute atomic E-state index is 0.0195. The van der Waals surface area contributed by atoms with Gasteiger partial charge in [0.2, 0.25) is 0 Å². The lowest BCUT2D eigenvalue weighted by Gasteiger charge is -2.33. The first-order chi connectivity index (χ1) is 8.96. The van der Waals surface area contributed by atoms with E-state index in [1.165, 1.54) is 0 Å². The van der Waals surface area contributed by atoms with Crippen LogP contribution in [0.4, 0.5) is 0 Å². The van der Waals surface area contributed by atoms with Gasteiger partial charge in [-0.1, -0.05) is 6.42 Å². The second-order valence-electron chi connectivity index (χ2n) is 5.08. The first-order valence-electron chi connectivity index (χ1n) is 6.68. The highest BCUT2D eigenvalue weighted by Gasteiger charge is 2.34.